The van der Waals surface area contributed by atoms with Crippen molar-refractivity contribution in [3.8, 4) is 0 Å². The lowest BCUT2D eigenvalue weighted by Crippen LogP contribution is -2.37. The molecule has 0 saturated carbocycles. The van der Waals surface area contributed by atoms with Crippen molar-refractivity contribution in [3.05, 3.63) is 0 Å². The second kappa shape index (κ2) is 6.25. The van der Waals surface area contributed by atoms with Crippen LogP contribution in [0.4, 0.5) is 0 Å². The van der Waals surface area contributed by atoms with Gasteiger partial charge in [-0.15, -0.1) is 0 Å². The number of hydrogen-bond acceptors (Lipinski definition) is 3. The van der Waals surface area contributed by atoms with Crippen molar-refractivity contribution in [2.45, 2.75) is 73.5 Å². The predicted molar refractivity (Wildman–Crippen MR) is 76.7 cm³/mol. The number of ether oxygens (including phenoxy) is 2. The molecular formula is C16H30O3. The summed E-state index contributed by atoms with van der Waals surface area (Å²) in [6, 6.07) is 0. The molecule has 112 valence electrons. The Kier molecular flexibility index (Phi) is 5.43. The maximum Gasteiger partial charge on any atom is 0.311 e. The lowest BCUT2D eigenvalue weighted by atomic mass is 9.72. The van der Waals surface area contributed by atoms with Gasteiger partial charge in [-0.3, -0.25) is 4.79 Å². The summed E-state index contributed by atoms with van der Waals surface area (Å²) in [5.41, 5.74) is 0.0312. The third kappa shape index (κ3) is 5.94. The molecule has 3 nitrogen and oxygen atoms in total. The van der Waals surface area contributed by atoms with Crippen LogP contribution in [0.5, 0.6) is 0 Å². The SMILES string of the molecule is CC(C)(C)CC(C(=O)OC1CCCCO1)C(C)(C)C. The van der Waals surface area contributed by atoms with Crippen LogP contribution in [-0.2, 0) is 14.3 Å². The third-order valence-corrected chi connectivity index (χ3v) is 3.53. The number of hydrogen-bond donors (Lipinski definition) is 0. The minimum absolute atomic E-state index is 0.0843. The van der Waals surface area contributed by atoms with E-state index in [9.17, 15) is 4.79 Å². The summed E-state index contributed by atoms with van der Waals surface area (Å²) in [5, 5.41) is 0. The molecule has 0 aromatic carbocycles. The van der Waals surface area contributed by atoms with Crippen LogP contribution in [0.1, 0.15) is 67.2 Å². The normalized spacial score (nSPS) is 22.9. The number of carbonyl (C=O) groups excluding carboxylic acids is 1. The zero-order valence-electron chi connectivity index (χ0n) is 13.4. The van der Waals surface area contributed by atoms with Crippen LogP contribution in [-0.4, -0.2) is 18.9 Å². The van der Waals surface area contributed by atoms with Gasteiger partial charge in [0.15, 0.2) is 0 Å². The van der Waals surface area contributed by atoms with Gasteiger partial charge in [0, 0.05) is 6.42 Å². The van der Waals surface area contributed by atoms with Gasteiger partial charge in [-0.1, -0.05) is 41.5 Å². The Labute approximate surface area is 118 Å². The minimum Gasteiger partial charge on any atom is -0.436 e. The van der Waals surface area contributed by atoms with E-state index in [1.165, 1.54) is 0 Å². The predicted octanol–water partition coefficient (Wildman–Crippen LogP) is 4.15. The quantitative estimate of drug-likeness (QED) is 0.722. The smallest absolute Gasteiger partial charge is 0.311 e. The van der Waals surface area contributed by atoms with E-state index in [1.54, 1.807) is 0 Å². The van der Waals surface area contributed by atoms with Crippen molar-refractivity contribution < 1.29 is 14.3 Å². The fourth-order valence-electron chi connectivity index (χ4n) is 2.37. The molecule has 0 aromatic heterocycles. The second-order valence-electron chi connectivity index (χ2n) is 7.92. The number of carbonyl (C=O) groups is 1. The molecule has 0 bridgehead atoms. The van der Waals surface area contributed by atoms with E-state index >= 15 is 0 Å². The van der Waals surface area contributed by atoms with E-state index in [1.807, 2.05) is 0 Å². The molecule has 0 amide bonds. The minimum atomic E-state index is -0.328. The van der Waals surface area contributed by atoms with E-state index in [2.05, 4.69) is 41.5 Å². The lowest BCUT2D eigenvalue weighted by molar-refractivity contribution is -0.195. The molecular weight excluding hydrogens is 240 g/mol. The van der Waals surface area contributed by atoms with Gasteiger partial charge in [0.25, 0.3) is 0 Å². The summed E-state index contributed by atoms with van der Waals surface area (Å²) < 4.78 is 11.1. The zero-order chi connectivity index (χ0) is 14.7. The van der Waals surface area contributed by atoms with Gasteiger partial charge in [0.1, 0.15) is 0 Å². The van der Waals surface area contributed by atoms with Crippen molar-refractivity contribution in [1.29, 1.82) is 0 Å². The molecule has 0 spiro atoms. The largest absolute Gasteiger partial charge is 0.436 e. The molecule has 0 aromatic rings. The molecule has 3 heteroatoms. The van der Waals surface area contributed by atoms with Crippen LogP contribution in [0.3, 0.4) is 0 Å². The van der Waals surface area contributed by atoms with E-state index in [0.29, 0.717) is 6.61 Å². The van der Waals surface area contributed by atoms with E-state index < -0.39 is 0 Å². The maximum absolute atomic E-state index is 12.4. The molecule has 0 aliphatic carbocycles. The Morgan fingerprint density at radius 1 is 1.21 bits per heavy atom. The van der Waals surface area contributed by atoms with Crippen LogP contribution in [0.25, 0.3) is 0 Å². The monoisotopic (exact) mass is 270 g/mol. The van der Waals surface area contributed by atoms with Crippen molar-refractivity contribution in [3.63, 3.8) is 0 Å². The first-order chi connectivity index (χ1) is 8.59. The van der Waals surface area contributed by atoms with Crippen molar-refractivity contribution in [2.24, 2.45) is 16.7 Å². The first-order valence-electron chi connectivity index (χ1n) is 7.42. The first-order valence-corrected chi connectivity index (χ1v) is 7.42. The fourth-order valence-corrected chi connectivity index (χ4v) is 2.37. The van der Waals surface area contributed by atoms with Crippen molar-refractivity contribution >= 4 is 5.97 Å². The average Bonchev–Trinajstić information content (AvgIpc) is 2.24. The highest BCUT2D eigenvalue weighted by molar-refractivity contribution is 5.73. The number of rotatable bonds is 3. The van der Waals surface area contributed by atoms with Gasteiger partial charge < -0.3 is 9.47 Å². The molecule has 1 fully saturated rings. The molecule has 0 N–H and O–H groups in total. The number of esters is 1. The summed E-state index contributed by atoms with van der Waals surface area (Å²) in [4.78, 5) is 12.4. The topological polar surface area (TPSA) is 35.5 Å². The van der Waals surface area contributed by atoms with Gasteiger partial charge in [0.05, 0.1) is 12.5 Å². The molecule has 1 rings (SSSR count). The molecule has 19 heavy (non-hydrogen) atoms. The van der Waals surface area contributed by atoms with Crippen LogP contribution >= 0.6 is 0 Å². The van der Waals surface area contributed by atoms with E-state index in [-0.39, 0.29) is 29.0 Å². The highest BCUT2D eigenvalue weighted by Gasteiger charge is 2.37. The summed E-state index contributed by atoms with van der Waals surface area (Å²) in [7, 11) is 0. The highest BCUT2D eigenvalue weighted by atomic mass is 16.7. The Balaban J connectivity index is 2.66. The van der Waals surface area contributed by atoms with E-state index in [0.717, 1.165) is 25.7 Å². The van der Waals surface area contributed by atoms with Gasteiger partial charge in [-0.25, -0.2) is 0 Å². The molecule has 2 atom stereocenters. The Hall–Kier alpha value is -0.570. The molecule has 1 aliphatic heterocycles. The van der Waals surface area contributed by atoms with Gasteiger partial charge in [0.2, 0.25) is 6.29 Å². The maximum atomic E-state index is 12.4. The van der Waals surface area contributed by atoms with Crippen LogP contribution in [0.15, 0.2) is 0 Å². The second-order valence-corrected chi connectivity index (χ2v) is 7.92. The Morgan fingerprint density at radius 3 is 2.26 bits per heavy atom. The van der Waals surface area contributed by atoms with Gasteiger partial charge >= 0.3 is 5.97 Å². The van der Waals surface area contributed by atoms with Crippen molar-refractivity contribution in [1.82, 2.24) is 0 Å². The summed E-state index contributed by atoms with van der Waals surface area (Å²) in [6.07, 6.45) is 3.49. The highest BCUT2D eigenvalue weighted by Crippen LogP contribution is 2.37. The Morgan fingerprint density at radius 2 is 1.84 bits per heavy atom. The lowest BCUT2D eigenvalue weighted by Gasteiger charge is -2.35. The molecule has 1 saturated heterocycles. The molecule has 1 aliphatic rings. The van der Waals surface area contributed by atoms with Crippen LogP contribution in [0, 0.1) is 16.7 Å². The Bertz CT molecular complexity index is 290. The summed E-state index contributed by atoms with van der Waals surface area (Å²) in [6.45, 7) is 13.5. The molecule has 2 unspecified atom stereocenters. The van der Waals surface area contributed by atoms with E-state index in [4.69, 9.17) is 9.47 Å². The van der Waals surface area contributed by atoms with Gasteiger partial charge in [-0.2, -0.15) is 0 Å². The summed E-state index contributed by atoms with van der Waals surface area (Å²) in [5.74, 6) is -0.188. The third-order valence-electron chi connectivity index (χ3n) is 3.53. The van der Waals surface area contributed by atoms with Gasteiger partial charge in [-0.05, 0) is 30.1 Å². The zero-order valence-corrected chi connectivity index (χ0v) is 13.4. The fraction of sp³-hybridized carbons (Fsp3) is 0.938. The molecule has 0 radical (unpaired) electrons. The van der Waals surface area contributed by atoms with Crippen LogP contribution in [0.2, 0.25) is 0 Å². The molecule has 1 heterocycles. The first kappa shape index (κ1) is 16.5. The van der Waals surface area contributed by atoms with Crippen molar-refractivity contribution in [2.75, 3.05) is 6.61 Å². The summed E-state index contributed by atoms with van der Waals surface area (Å²) >= 11 is 0. The van der Waals surface area contributed by atoms with Crippen LogP contribution < -0.4 is 0 Å². The average molecular weight is 270 g/mol. The standard InChI is InChI=1S/C16H30O3/c1-15(2,3)11-12(16(4,5)6)14(17)19-13-9-7-8-10-18-13/h12-13H,7-11H2,1-6H3.